The van der Waals surface area contributed by atoms with Gasteiger partial charge < -0.3 is 0 Å². The highest BCUT2D eigenvalue weighted by atomic mass is 127. The van der Waals surface area contributed by atoms with Gasteiger partial charge in [-0.25, -0.2) is 0 Å². The zero-order valence-corrected chi connectivity index (χ0v) is 7.03. The summed E-state index contributed by atoms with van der Waals surface area (Å²) in [6.07, 6.45) is 1.65. The highest BCUT2D eigenvalue weighted by Gasteiger charge is 2.00. The summed E-state index contributed by atoms with van der Waals surface area (Å²) in [5.74, 6) is 0. The van der Waals surface area contributed by atoms with Crippen LogP contribution in [-0.4, -0.2) is 20.4 Å². The van der Waals surface area contributed by atoms with Gasteiger partial charge in [0.05, 0.1) is 11.6 Å². The fourth-order valence-corrected chi connectivity index (χ4v) is 1.30. The third kappa shape index (κ3) is 0.772. The van der Waals surface area contributed by atoms with Crippen molar-refractivity contribution < 1.29 is 0 Å². The Morgan fingerprint density at radius 2 is 2.40 bits per heavy atom. The summed E-state index contributed by atoms with van der Waals surface area (Å²) >= 11 is 2.14. The highest BCUT2D eigenvalue weighted by Crippen LogP contribution is 2.12. The van der Waals surface area contributed by atoms with E-state index >= 15 is 0 Å². The Kier molecular flexibility index (Phi) is 1.30. The third-order valence-corrected chi connectivity index (χ3v) is 2.03. The topological polar surface area (TPSA) is 54.5 Å². The van der Waals surface area contributed by atoms with Crippen LogP contribution in [0.15, 0.2) is 12.3 Å². The molecule has 0 unspecified atom stereocenters. The van der Waals surface area contributed by atoms with Crippen molar-refractivity contribution in [2.24, 2.45) is 0 Å². The molecule has 0 saturated carbocycles. The Hall–Kier alpha value is -0.720. The number of aromatic amines is 1. The fraction of sp³-hybridized carbons (Fsp3) is 0. The SMILES string of the molecule is Ic1n[nH]c2nnccc12. The molecule has 1 N–H and O–H groups in total. The number of nitrogens with one attached hydrogen (secondary N) is 1. The monoisotopic (exact) mass is 246 g/mol. The average Bonchev–Trinajstić information content (AvgIpc) is 2.34. The largest absolute Gasteiger partial charge is 0.258 e. The second kappa shape index (κ2) is 2.15. The normalized spacial score (nSPS) is 10.5. The van der Waals surface area contributed by atoms with Gasteiger partial charge in [0, 0.05) is 0 Å². The van der Waals surface area contributed by atoms with E-state index in [4.69, 9.17) is 0 Å². The van der Waals surface area contributed by atoms with Crippen molar-refractivity contribution in [3.8, 4) is 0 Å². The van der Waals surface area contributed by atoms with Gasteiger partial charge >= 0.3 is 0 Å². The van der Waals surface area contributed by atoms with E-state index in [0.29, 0.717) is 0 Å². The van der Waals surface area contributed by atoms with Crippen LogP contribution in [0.25, 0.3) is 11.0 Å². The standard InChI is InChI=1S/C5H3IN4/c6-4-3-1-2-7-9-5(3)10-8-4/h1-2H,(H,8,9,10). The molecule has 0 atom stereocenters. The van der Waals surface area contributed by atoms with Gasteiger partial charge in [0.15, 0.2) is 5.65 Å². The van der Waals surface area contributed by atoms with Gasteiger partial charge in [-0.05, 0) is 28.7 Å². The second-order valence-corrected chi connectivity index (χ2v) is 2.83. The maximum atomic E-state index is 3.95. The van der Waals surface area contributed by atoms with Crippen molar-refractivity contribution in [3.05, 3.63) is 16.0 Å². The Bertz CT molecular complexity index is 355. The maximum absolute atomic E-state index is 3.95. The van der Waals surface area contributed by atoms with E-state index < -0.39 is 0 Å². The van der Waals surface area contributed by atoms with Crippen molar-refractivity contribution in [3.63, 3.8) is 0 Å². The number of fused-ring (bicyclic) bond motifs is 1. The molecule has 0 spiro atoms. The number of hydrogen-bond acceptors (Lipinski definition) is 3. The molecule has 2 rings (SSSR count). The number of halogens is 1. The van der Waals surface area contributed by atoms with Crippen LogP contribution >= 0.6 is 22.6 Å². The van der Waals surface area contributed by atoms with Gasteiger partial charge in [-0.1, -0.05) is 0 Å². The van der Waals surface area contributed by atoms with E-state index in [1.807, 2.05) is 6.07 Å². The second-order valence-electron chi connectivity index (χ2n) is 1.81. The summed E-state index contributed by atoms with van der Waals surface area (Å²) in [6, 6.07) is 1.88. The first-order valence-electron chi connectivity index (χ1n) is 2.69. The molecule has 0 aliphatic rings. The van der Waals surface area contributed by atoms with Crippen LogP contribution in [0.1, 0.15) is 0 Å². The van der Waals surface area contributed by atoms with Crippen molar-refractivity contribution in [1.82, 2.24) is 20.4 Å². The maximum Gasteiger partial charge on any atom is 0.178 e. The van der Waals surface area contributed by atoms with E-state index in [1.165, 1.54) is 0 Å². The number of hydrogen-bond donors (Lipinski definition) is 1. The lowest BCUT2D eigenvalue weighted by Crippen LogP contribution is -1.78. The van der Waals surface area contributed by atoms with Crippen LogP contribution in [0, 0.1) is 3.70 Å². The summed E-state index contributed by atoms with van der Waals surface area (Å²) in [4.78, 5) is 0. The molecule has 0 radical (unpaired) electrons. The van der Waals surface area contributed by atoms with Crippen molar-refractivity contribution in [2.75, 3.05) is 0 Å². The highest BCUT2D eigenvalue weighted by molar-refractivity contribution is 14.1. The molecule has 0 aliphatic heterocycles. The first-order valence-corrected chi connectivity index (χ1v) is 3.77. The molecular formula is C5H3IN4. The van der Waals surface area contributed by atoms with Gasteiger partial charge in [-0.2, -0.15) is 10.2 Å². The summed E-state index contributed by atoms with van der Waals surface area (Å²) < 4.78 is 0.933. The summed E-state index contributed by atoms with van der Waals surface area (Å²) in [7, 11) is 0. The van der Waals surface area contributed by atoms with E-state index in [-0.39, 0.29) is 0 Å². The summed E-state index contributed by atoms with van der Waals surface area (Å²) in [6.45, 7) is 0. The quantitative estimate of drug-likeness (QED) is 0.704. The van der Waals surface area contributed by atoms with Gasteiger partial charge in [-0.3, -0.25) is 5.10 Å². The number of rotatable bonds is 0. The van der Waals surface area contributed by atoms with Gasteiger partial charge in [-0.15, -0.1) is 5.10 Å². The number of H-pyrrole nitrogens is 1. The zero-order valence-electron chi connectivity index (χ0n) is 4.87. The summed E-state index contributed by atoms with van der Waals surface area (Å²) in [5, 5.41) is 15.3. The zero-order chi connectivity index (χ0) is 6.97. The molecule has 0 amide bonds. The Balaban J connectivity index is 2.93. The molecule has 2 aromatic rings. The third-order valence-electron chi connectivity index (χ3n) is 1.20. The lowest BCUT2D eigenvalue weighted by atomic mass is 10.4. The Morgan fingerprint density at radius 1 is 1.50 bits per heavy atom. The van der Waals surface area contributed by atoms with E-state index in [9.17, 15) is 0 Å². The minimum absolute atomic E-state index is 0.743. The molecule has 0 fully saturated rings. The van der Waals surface area contributed by atoms with Crippen LogP contribution in [0.3, 0.4) is 0 Å². The molecular weight excluding hydrogens is 243 g/mol. The van der Waals surface area contributed by atoms with Crippen LogP contribution in [0.4, 0.5) is 0 Å². The van der Waals surface area contributed by atoms with Gasteiger partial charge in [0.1, 0.15) is 3.70 Å². The molecule has 4 nitrogen and oxygen atoms in total. The average molecular weight is 246 g/mol. The number of nitrogens with zero attached hydrogens (tertiary/aromatic N) is 3. The van der Waals surface area contributed by atoms with Crippen molar-refractivity contribution in [1.29, 1.82) is 0 Å². The minimum atomic E-state index is 0.743. The molecule has 0 bridgehead atoms. The molecule has 5 heteroatoms. The number of aromatic nitrogens is 4. The molecule has 0 saturated heterocycles. The van der Waals surface area contributed by atoms with E-state index in [0.717, 1.165) is 14.7 Å². The first kappa shape index (κ1) is 6.02. The molecule has 0 aliphatic carbocycles. The molecule has 10 heavy (non-hydrogen) atoms. The Labute approximate surface area is 70.2 Å². The van der Waals surface area contributed by atoms with Crippen LogP contribution < -0.4 is 0 Å². The van der Waals surface area contributed by atoms with Gasteiger partial charge in [0.2, 0.25) is 0 Å². The van der Waals surface area contributed by atoms with E-state index in [2.05, 4.69) is 43.0 Å². The first-order chi connectivity index (χ1) is 4.88. The van der Waals surface area contributed by atoms with Crippen molar-refractivity contribution >= 4 is 33.6 Å². The fourth-order valence-electron chi connectivity index (χ4n) is 0.743. The van der Waals surface area contributed by atoms with Crippen LogP contribution in [0.2, 0.25) is 0 Å². The predicted molar refractivity (Wildman–Crippen MR) is 44.4 cm³/mol. The lowest BCUT2D eigenvalue weighted by Gasteiger charge is -1.81. The van der Waals surface area contributed by atoms with Crippen LogP contribution in [0.5, 0.6) is 0 Å². The lowest BCUT2D eigenvalue weighted by molar-refractivity contribution is 1.02. The summed E-state index contributed by atoms with van der Waals surface area (Å²) in [5.41, 5.74) is 0.743. The van der Waals surface area contributed by atoms with Gasteiger partial charge in [0.25, 0.3) is 0 Å². The minimum Gasteiger partial charge on any atom is -0.258 e. The van der Waals surface area contributed by atoms with E-state index in [1.54, 1.807) is 6.20 Å². The predicted octanol–water partition coefficient (Wildman–Crippen LogP) is 0.958. The molecule has 2 aromatic heterocycles. The molecule has 2 heterocycles. The van der Waals surface area contributed by atoms with Crippen molar-refractivity contribution in [2.45, 2.75) is 0 Å². The molecule has 0 aromatic carbocycles. The van der Waals surface area contributed by atoms with Crippen LogP contribution in [-0.2, 0) is 0 Å². The Morgan fingerprint density at radius 3 is 3.20 bits per heavy atom. The molecule has 50 valence electrons. The smallest absolute Gasteiger partial charge is 0.178 e.